The van der Waals surface area contributed by atoms with Crippen molar-refractivity contribution in [2.45, 2.75) is 25.4 Å². The number of benzene rings is 3. The lowest BCUT2D eigenvalue weighted by Gasteiger charge is -2.43. The first-order valence-corrected chi connectivity index (χ1v) is 11.6. The molecule has 1 heterocycles. The van der Waals surface area contributed by atoms with Crippen LogP contribution in [0.3, 0.4) is 0 Å². The van der Waals surface area contributed by atoms with E-state index >= 15 is 0 Å². The highest BCUT2D eigenvalue weighted by molar-refractivity contribution is 7.80. The van der Waals surface area contributed by atoms with Gasteiger partial charge in [0.1, 0.15) is 5.60 Å². The zero-order valence-corrected chi connectivity index (χ0v) is 19.5. The van der Waals surface area contributed by atoms with Crippen LogP contribution in [0.1, 0.15) is 30.9 Å². The van der Waals surface area contributed by atoms with Crippen molar-refractivity contribution in [3.63, 3.8) is 0 Å². The van der Waals surface area contributed by atoms with Gasteiger partial charge in [0.15, 0.2) is 5.11 Å². The zero-order chi connectivity index (χ0) is 23.3. The topological polar surface area (TPSA) is 64.6 Å². The highest BCUT2D eigenvalue weighted by Crippen LogP contribution is 2.41. The van der Waals surface area contributed by atoms with E-state index in [0.717, 1.165) is 48.4 Å². The lowest BCUT2D eigenvalue weighted by atomic mass is 9.72. The van der Waals surface area contributed by atoms with E-state index in [1.54, 1.807) is 0 Å². The molecule has 0 saturated carbocycles. The molecule has 1 aliphatic heterocycles. The van der Waals surface area contributed by atoms with E-state index in [1.165, 1.54) is 6.92 Å². The van der Waals surface area contributed by atoms with Crippen LogP contribution >= 0.6 is 12.2 Å². The minimum atomic E-state index is -1.04. The van der Waals surface area contributed by atoms with Crippen LogP contribution in [-0.4, -0.2) is 34.1 Å². The number of nitrogens with zero attached hydrogens (tertiary/aromatic N) is 1. The standard InChI is InChI=1S/C27H29N3O2S/c1-20(31)28-24-12-14-25(15-13-24)29-26(33)30-18-16-23(17-19-30)27(32,21-8-4-2-5-9-21)22-10-6-3-7-11-22/h2-15,23,32H,16-19H2,1H3,(H,28,31)(H,29,33). The summed E-state index contributed by atoms with van der Waals surface area (Å²) in [7, 11) is 0. The minimum absolute atomic E-state index is 0.0817. The highest BCUT2D eigenvalue weighted by Gasteiger charge is 2.41. The van der Waals surface area contributed by atoms with Crippen molar-refractivity contribution in [3.8, 4) is 0 Å². The van der Waals surface area contributed by atoms with Crippen LogP contribution in [0.4, 0.5) is 11.4 Å². The highest BCUT2D eigenvalue weighted by atomic mass is 32.1. The first-order valence-electron chi connectivity index (χ1n) is 11.2. The van der Waals surface area contributed by atoms with E-state index in [4.69, 9.17) is 12.2 Å². The quantitative estimate of drug-likeness (QED) is 0.469. The van der Waals surface area contributed by atoms with Crippen LogP contribution < -0.4 is 10.6 Å². The molecule has 3 aromatic rings. The third-order valence-corrected chi connectivity index (χ3v) is 6.62. The zero-order valence-electron chi connectivity index (χ0n) is 18.7. The number of carbonyl (C=O) groups is 1. The number of aliphatic hydroxyl groups is 1. The van der Waals surface area contributed by atoms with E-state index in [1.807, 2.05) is 84.9 Å². The first-order chi connectivity index (χ1) is 16.0. The number of nitrogens with one attached hydrogen (secondary N) is 2. The second-order valence-corrected chi connectivity index (χ2v) is 8.84. The van der Waals surface area contributed by atoms with Crippen molar-refractivity contribution in [2.24, 2.45) is 5.92 Å². The molecule has 1 fully saturated rings. The lowest BCUT2D eigenvalue weighted by molar-refractivity contribution is -0.114. The molecule has 0 aromatic heterocycles. The molecule has 6 heteroatoms. The van der Waals surface area contributed by atoms with Crippen molar-refractivity contribution < 1.29 is 9.90 Å². The fourth-order valence-electron chi connectivity index (χ4n) is 4.57. The molecular formula is C27H29N3O2S. The molecule has 0 atom stereocenters. The van der Waals surface area contributed by atoms with Crippen LogP contribution in [0.5, 0.6) is 0 Å². The number of hydrogen-bond acceptors (Lipinski definition) is 3. The molecule has 170 valence electrons. The molecule has 0 radical (unpaired) electrons. The summed E-state index contributed by atoms with van der Waals surface area (Å²) in [6.45, 7) is 3.02. The average Bonchev–Trinajstić information content (AvgIpc) is 2.85. The average molecular weight is 460 g/mol. The van der Waals surface area contributed by atoms with E-state index in [0.29, 0.717) is 5.11 Å². The van der Waals surface area contributed by atoms with Crippen molar-refractivity contribution in [1.82, 2.24) is 4.90 Å². The second kappa shape index (κ2) is 10.1. The summed E-state index contributed by atoms with van der Waals surface area (Å²) in [4.78, 5) is 13.3. The molecule has 3 aromatic carbocycles. The molecular weight excluding hydrogens is 430 g/mol. The van der Waals surface area contributed by atoms with Crippen molar-refractivity contribution in [2.75, 3.05) is 23.7 Å². The van der Waals surface area contributed by atoms with Gasteiger partial charge in [-0.25, -0.2) is 0 Å². The number of anilines is 2. The molecule has 1 amide bonds. The maximum atomic E-state index is 12.0. The van der Waals surface area contributed by atoms with Gasteiger partial charge in [-0.05, 0) is 66.4 Å². The smallest absolute Gasteiger partial charge is 0.221 e. The fourth-order valence-corrected chi connectivity index (χ4v) is 4.87. The number of carbonyl (C=O) groups excluding carboxylic acids is 1. The summed E-state index contributed by atoms with van der Waals surface area (Å²) in [5, 5.41) is 18.8. The van der Waals surface area contributed by atoms with Gasteiger partial charge in [-0.2, -0.15) is 0 Å². The van der Waals surface area contributed by atoms with Gasteiger partial charge in [0, 0.05) is 31.4 Å². The molecule has 1 saturated heterocycles. The predicted octanol–water partition coefficient (Wildman–Crippen LogP) is 4.99. The molecule has 0 unspecified atom stereocenters. The van der Waals surface area contributed by atoms with E-state index in [9.17, 15) is 9.90 Å². The van der Waals surface area contributed by atoms with Gasteiger partial charge in [0.05, 0.1) is 0 Å². The molecule has 0 aliphatic carbocycles. The maximum absolute atomic E-state index is 12.0. The van der Waals surface area contributed by atoms with Crippen molar-refractivity contribution in [1.29, 1.82) is 0 Å². The largest absolute Gasteiger partial charge is 0.380 e. The minimum Gasteiger partial charge on any atom is -0.380 e. The van der Waals surface area contributed by atoms with Crippen LogP contribution in [-0.2, 0) is 10.4 Å². The lowest BCUT2D eigenvalue weighted by Crippen LogP contribution is -2.47. The van der Waals surface area contributed by atoms with E-state index in [2.05, 4.69) is 15.5 Å². The molecule has 0 spiro atoms. The van der Waals surface area contributed by atoms with Gasteiger partial charge in [0.25, 0.3) is 0 Å². The Morgan fingerprint density at radius 2 is 1.30 bits per heavy atom. The number of likely N-dealkylation sites (tertiary alicyclic amines) is 1. The number of hydrogen-bond donors (Lipinski definition) is 3. The van der Waals surface area contributed by atoms with Crippen LogP contribution in [0.25, 0.3) is 0 Å². The number of amides is 1. The molecule has 33 heavy (non-hydrogen) atoms. The summed E-state index contributed by atoms with van der Waals surface area (Å²) < 4.78 is 0. The SMILES string of the molecule is CC(=O)Nc1ccc(NC(=S)N2CCC(C(O)(c3ccccc3)c3ccccc3)CC2)cc1. The Hall–Kier alpha value is -3.22. The Morgan fingerprint density at radius 3 is 1.76 bits per heavy atom. The van der Waals surface area contributed by atoms with Gasteiger partial charge in [-0.15, -0.1) is 0 Å². The number of thiocarbonyl (C=S) groups is 1. The number of rotatable bonds is 5. The van der Waals surface area contributed by atoms with Crippen LogP contribution in [0, 0.1) is 5.92 Å². The number of piperidine rings is 1. The van der Waals surface area contributed by atoms with E-state index < -0.39 is 5.60 Å². The summed E-state index contributed by atoms with van der Waals surface area (Å²) >= 11 is 5.66. The van der Waals surface area contributed by atoms with Gasteiger partial charge < -0.3 is 20.6 Å². The third kappa shape index (κ3) is 5.24. The second-order valence-electron chi connectivity index (χ2n) is 8.45. The third-order valence-electron chi connectivity index (χ3n) is 6.26. The fraction of sp³-hybridized carbons (Fsp3) is 0.259. The van der Waals surface area contributed by atoms with Crippen LogP contribution in [0.15, 0.2) is 84.9 Å². The molecule has 4 rings (SSSR count). The van der Waals surface area contributed by atoms with E-state index in [-0.39, 0.29) is 11.8 Å². The molecule has 5 nitrogen and oxygen atoms in total. The first kappa shape index (κ1) is 23.0. The Labute approximate surface area is 200 Å². The Bertz CT molecular complexity index is 1040. The molecule has 3 N–H and O–H groups in total. The predicted molar refractivity (Wildman–Crippen MR) is 137 cm³/mol. The summed E-state index contributed by atoms with van der Waals surface area (Å²) in [6, 6.07) is 27.4. The van der Waals surface area contributed by atoms with Gasteiger partial charge >= 0.3 is 0 Å². The summed E-state index contributed by atoms with van der Waals surface area (Å²) in [5.74, 6) is -0.0154. The monoisotopic (exact) mass is 459 g/mol. The summed E-state index contributed by atoms with van der Waals surface area (Å²) in [5.41, 5.74) is 2.44. The van der Waals surface area contributed by atoms with Crippen molar-refractivity contribution >= 4 is 34.6 Å². The van der Waals surface area contributed by atoms with Crippen molar-refractivity contribution in [3.05, 3.63) is 96.1 Å². The maximum Gasteiger partial charge on any atom is 0.221 e. The Kier molecular flexibility index (Phi) is 7.06. The normalized spacial score (nSPS) is 14.5. The Morgan fingerprint density at radius 1 is 0.848 bits per heavy atom. The van der Waals surface area contributed by atoms with Gasteiger partial charge in [-0.1, -0.05) is 60.7 Å². The Balaban J connectivity index is 1.43. The summed E-state index contributed by atoms with van der Waals surface area (Å²) in [6.07, 6.45) is 1.65. The van der Waals surface area contributed by atoms with Gasteiger partial charge in [-0.3, -0.25) is 4.79 Å². The molecule has 1 aliphatic rings. The van der Waals surface area contributed by atoms with Gasteiger partial charge in [0.2, 0.25) is 5.91 Å². The van der Waals surface area contributed by atoms with Crippen LogP contribution in [0.2, 0.25) is 0 Å². The molecule has 0 bridgehead atoms.